The second kappa shape index (κ2) is 7.53. The van der Waals surface area contributed by atoms with Crippen molar-refractivity contribution in [2.24, 2.45) is 20.5 Å². The smallest absolute Gasteiger partial charge is 0.253 e. The summed E-state index contributed by atoms with van der Waals surface area (Å²) in [6, 6.07) is 26.8. The van der Waals surface area contributed by atoms with Crippen LogP contribution in [0.25, 0.3) is 6.08 Å². The van der Waals surface area contributed by atoms with Crippen LogP contribution in [0.1, 0.15) is 5.56 Å². The molecule has 5 nitrogen and oxygen atoms in total. The molecule has 0 aromatic heterocycles. The zero-order valence-corrected chi connectivity index (χ0v) is 13.9. The summed E-state index contributed by atoms with van der Waals surface area (Å²) in [5.74, 6) is 0.753. The van der Waals surface area contributed by atoms with Crippen molar-refractivity contribution >= 4 is 17.5 Å². The number of azo groups is 2. The molecule has 1 unspecified atom stereocenters. The number of nitrogens with zero attached hydrogens (tertiary/aromatic N) is 4. The molecule has 1 aliphatic heterocycles. The Kier molecular flexibility index (Phi) is 4.60. The van der Waals surface area contributed by atoms with Crippen molar-refractivity contribution in [3.05, 3.63) is 96.2 Å². The zero-order chi connectivity index (χ0) is 17.6. The van der Waals surface area contributed by atoms with Gasteiger partial charge in [0, 0.05) is 5.56 Å². The van der Waals surface area contributed by atoms with Crippen molar-refractivity contribution in [2.75, 3.05) is 0 Å². The monoisotopic (exact) mass is 340 g/mol. The highest BCUT2D eigenvalue weighted by atomic mass is 16.5. The fraction of sp³-hybridized carbons (Fsp3) is 0.0476. The molecule has 4 rings (SSSR count). The number of hydrogen-bond donors (Lipinski definition) is 0. The minimum Gasteiger partial charge on any atom is -0.460 e. The molecule has 0 amide bonds. The van der Waals surface area contributed by atoms with E-state index in [9.17, 15) is 0 Å². The van der Waals surface area contributed by atoms with Gasteiger partial charge >= 0.3 is 0 Å². The molecule has 5 heteroatoms. The van der Waals surface area contributed by atoms with Crippen molar-refractivity contribution in [1.29, 1.82) is 0 Å². The third-order valence-electron chi connectivity index (χ3n) is 3.79. The average Bonchev–Trinajstić information content (AvgIpc) is 2.72. The number of rotatable bonds is 4. The molecule has 126 valence electrons. The second-order valence-electron chi connectivity index (χ2n) is 5.66. The number of ether oxygens (including phenoxy) is 1. The summed E-state index contributed by atoms with van der Waals surface area (Å²) in [6.07, 6.45) is 1.29. The lowest BCUT2D eigenvalue weighted by molar-refractivity contribution is 0.233. The highest BCUT2D eigenvalue weighted by Gasteiger charge is 2.22. The molecular formula is C21H16N4O. The van der Waals surface area contributed by atoms with Gasteiger partial charge in [-0.3, -0.25) is 0 Å². The summed E-state index contributed by atoms with van der Waals surface area (Å²) in [4.78, 5) is 0. The Hall–Kier alpha value is -3.60. The van der Waals surface area contributed by atoms with Crippen LogP contribution in [0.2, 0.25) is 0 Å². The van der Waals surface area contributed by atoms with E-state index in [-0.39, 0.29) is 0 Å². The quantitative estimate of drug-likeness (QED) is 0.513. The van der Waals surface area contributed by atoms with Gasteiger partial charge in [0.1, 0.15) is 11.4 Å². The molecule has 0 aliphatic carbocycles. The molecule has 1 heterocycles. The van der Waals surface area contributed by atoms with Crippen molar-refractivity contribution < 1.29 is 4.74 Å². The van der Waals surface area contributed by atoms with Gasteiger partial charge < -0.3 is 4.74 Å². The van der Waals surface area contributed by atoms with Crippen molar-refractivity contribution in [3.63, 3.8) is 0 Å². The maximum atomic E-state index is 5.97. The third-order valence-corrected chi connectivity index (χ3v) is 3.79. The first kappa shape index (κ1) is 15.9. The molecule has 1 aliphatic rings. The van der Waals surface area contributed by atoms with Crippen LogP contribution in [0.3, 0.4) is 0 Å². The van der Waals surface area contributed by atoms with Crippen molar-refractivity contribution in [3.8, 4) is 5.75 Å². The van der Waals surface area contributed by atoms with Crippen LogP contribution in [0.5, 0.6) is 5.75 Å². The van der Waals surface area contributed by atoms with E-state index >= 15 is 0 Å². The average molecular weight is 340 g/mol. The van der Waals surface area contributed by atoms with Gasteiger partial charge in [-0.25, -0.2) is 0 Å². The minimum absolute atomic E-state index is 0.604. The first-order chi connectivity index (χ1) is 12.9. The van der Waals surface area contributed by atoms with Crippen LogP contribution in [-0.4, -0.2) is 6.23 Å². The summed E-state index contributed by atoms with van der Waals surface area (Å²) in [5.41, 5.74) is 3.08. The summed E-state index contributed by atoms with van der Waals surface area (Å²) in [5, 5.41) is 17.2. The summed E-state index contributed by atoms with van der Waals surface area (Å²) in [7, 11) is 0. The van der Waals surface area contributed by atoms with Gasteiger partial charge in [-0.15, -0.1) is 10.2 Å². The lowest BCUT2D eigenvalue weighted by Crippen LogP contribution is -2.18. The van der Waals surface area contributed by atoms with Crippen LogP contribution in [0, 0.1) is 0 Å². The summed E-state index contributed by atoms with van der Waals surface area (Å²) >= 11 is 0. The van der Waals surface area contributed by atoms with E-state index in [4.69, 9.17) is 4.74 Å². The Morgan fingerprint density at radius 3 is 1.96 bits per heavy atom. The van der Waals surface area contributed by atoms with Gasteiger partial charge in [0.15, 0.2) is 0 Å². The number of hydrogen-bond acceptors (Lipinski definition) is 5. The van der Waals surface area contributed by atoms with Crippen LogP contribution in [-0.2, 0) is 0 Å². The molecule has 0 N–H and O–H groups in total. The Bertz CT molecular complexity index is 966. The van der Waals surface area contributed by atoms with E-state index in [1.165, 1.54) is 0 Å². The van der Waals surface area contributed by atoms with Gasteiger partial charge in [-0.05, 0) is 36.4 Å². The molecule has 26 heavy (non-hydrogen) atoms. The van der Waals surface area contributed by atoms with Crippen LogP contribution in [0.4, 0.5) is 11.4 Å². The molecule has 0 saturated carbocycles. The lowest BCUT2D eigenvalue weighted by Gasteiger charge is -2.20. The predicted octanol–water partition coefficient (Wildman–Crippen LogP) is 6.31. The van der Waals surface area contributed by atoms with Crippen molar-refractivity contribution in [2.45, 2.75) is 6.23 Å². The molecule has 3 aromatic carbocycles. The predicted molar refractivity (Wildman–Crippen MR) is 101 cm³/mol. The topological polar surface area (TPSA) is 58.7 Å². The lowest BCUT2D eigenvalue weighted by atomic mass is 10.1. The van der Waals surface area contributed by atoms with Gasteiger partial charge in [0.05, 0.1) is 11.4 Å². The highest BCUT2D eigenvalue weighted by Crippen LogP contribution is 2.31. The van der Waals surface area contributed by atoms with Gasteiger partial charge in [-0.2, -0.15) is 10.2 Å². The molecule has 1 atom stereocenters. The Morgan fingerprint density at radius 2 is 1.23 bits per heavy atom. The Balaban J connectivity index is 1.65. The first-order valence-electron chi connectivity index (χ1n) is 8.28. The fourth-order valence-electron chi connectivity index (χ4n) is 2.50. The minimum atomic E-state index is -0.641. The third kappa shape index (κ3) is 3.72. The van der Waals surface area contributed by atoms with Crippen LogP contribution >= 0.6 is 0 Å². The maximum absolute atomic E-state index is 5.97. The van der Waals surface area contributed by atoms with Crippen LogP contribution < -0.4 is 4.74 Å². The highest BCUT2D eigenvalue weighted by molar-refractivity contribution is 5.62. The molecule has 0 saturated heterocycles. The number of benzene rings is 3. The van der Waals surface area contributed by atoms with E-state index in [0.29, 0.717) is 5.70 Å². The van der Waals surface area contributed by atoms with Gasteiger partial charge in [0.25, 0.3) is 6.23 Å². The van der Waals surface area contributed by atoms with E-state index in [1.54, 1.807) is 0 Å². The molecule has 0 radical (unpaired) electrons. The molecular weight excluding hydrogens is 324 g/mol. The largest absolute Gasteiger partial charge is 0.460 e. The molecule has 0 bridgehead atoms. The SMILES string of the molecule is C1=C(N=Nc2ccccc2)C(N=Nc2ccccc2)Oc2ccccc21. The van der Waals surface area contributed by atoms with E-state index < -0.39 is 6.23 Å². The second-order valence-corrected chi connectivity index (χ2v) is 5.66. The van der Waals surface area contributed by atoms with E-state index in [0.717, 1.165) is 22.7 Å². The standard InChI is InChI=1S/C21H16N4O/c1-3-10-17(11-4-1)22-24-19-15-16-9-7-8-14-20(16)26-21(19)25-23-18-12-5-2-6-13-18/h1-15,21H. The number of para-hydroxylation sites is 1. The number of fused-ring (bicyclic) bond motifs is 1. The first-order valence-corrected chi connectivity index (χ1v) is 8.28. The Morgan fingerprint density at radius 1 is 0.615 bits per heavy atom. The normalized spacial score (nSPS) is 16.3. The Labute approximate surface area is 151 Å². The molecule has 0 spiro atoms. The zero-order valence-electron chi connectivity index (χ0n) is 13.9. The van der Waals surface area contributed by atoms with Gasteiger partial charge in [-0.1, -0.05) is 54.6 Å². The van der Waals surface area contributed by atoms with E-state index in [2.05, 4.69) is 20.5 Å². The van der Waals surface area contributed by atoms with Gasteiger partial charge in [0.2, 0.25) is 0 Å². The van der Waals surface area contributed by atoms with Crippen LogP contribution in [0.15, 0.2) is 111 Å². The van der Waals surface area contributed by atoms with Crippen molar-refractivity contribution in [1.82, 2.24) is 0 Å². The summed E-state index contributed by atoms with van der Waals surface area (Å²) in [6.45, 7) is 0. The molecule has 0 fully saturated rings. The summed E-state index contributed by atoms with van der Waals surface area (Å²) < 4.78 is 5.97. The fourth-order valence-corrected chi connectivity index (χ4v) is 2.50. The van der Waals surface area contributed by atoms with E-state index in [1.807, 2.05) is 91.0 Å². The maximum Gasteiger partial charge on any atom is 0.253 e. The molecule has 3 aromatic rings.